The normalized spacial score (nSPS) is 10.7. The lowest BCUT2D eigenvalue weighted by Gasteiger charge is -2.11. The van der Waals surface area contributed by atoms with Crippen LogP contribution in [-0.4, -0.2) is 0 Å². The van der Waals surface area contributed by atoms with Crippen molar-refractivity contribution in [3.8, 4) is 0 Å². The topological polar surface area (TPSA) is 0 Å². The van der Waals surface area contributed by atoms with Crippen molar-refractivity contribution in [2.24, 2.45) is 0 Å². The van der Waals surface area contributed by atoms with Gasteiger partial charge >= 0.3 is 0 Å². The van der Waals surface area contributed by atoms with Crippen molar-refractivity contribution >= 4 is 46.4 Å². The van der Waals surface area contributed by atoms with Crippen molar-refractivity contribution in [2.45, 2.75) is 13.3 Å². The lowest BCUT2D eigenvalue weighted by molar-refractivity contribution is 1.18. The molecule has 0 aliphatic carbocycles. The van der Waals surface area contributed by atoms with Gasteiger partial charge in [-0.05, 0) is 47.9 Å². The van der Waals surface area contributed by atoms with Crippen LogP contribution >= 0.6 is 46.4 Å². The van der Waals surface area contributed by atoms with E-state index in [4.69, 9.17) is 46.4 Å². The van der Waals surface area contributed by atoms with Crippen LogP contribution in [-0.2, 0) is 6.42 Å². The van der Waals surface area contributed by atoms with Crippen LogP contribution in [0.1, 0.15) is 16.7 Å². The Balaban J connectivity index is 2.46. The summed E-state index contributed by atoms with van der Waals surface area (Å²) in [5.41, 5.74) is 2.79. The first kappa shape index (κ1) is 14.0. The van der Waals surface area contributed by atoms with Crippen LogP contribution in [0.5, 0.6) is 0 Å². The third kappa shape index (κ3) is 2.95. The first-order chi connectivity index (χ1) is 8.49. The van der Waals surface area contributed by atoms with E-state index in [2.05, 4.69) is 0 Å². The fourth-order valence-corrected chi connectivity index (χ4v) is 2.63. The highest BCUT2D eigenvalue weighted by Crippen LogP contribution is 2.32. The molecule has 0 saturated heterocycles. The van der Waals surface area contributed by atoms with Gasteiger partial charge in [-0.25, -0.2) is 0 Å². The zero-order valence-electron chi connectivity index (χ0n) is 9.61. The average molecular weight is 320 g/mol. The molecule has 4 heteroatoms. The molecule has 0 fully saturated rings. The van der Waals surface area contributed by atoms with Gasteiger partial charge in [0.05, 0.1) is 0 Å². The molecule has 0 saturated carbocycles. The van der Waals surface area contributed by atoms with Crippen LogP contribution < -0.4 is 0 Å². The highest BCUT2D eigenvalue weighted by molar-refractivity contribution is 6.36. The van der Waals surface area contributed by atoms with E-state index >= 15 is 0 Å². The molecule has 0 aromatic heterocycles. The summed E-state index contributed by atoms with van der Waals surface area (Å²) in [4.78, 5) is 0. The molecular weight excluding hydrogens is 310 g/mol. The average Bonchev–Trinajstić information content (AvgIpc) is 2.34. The van der Waals surface area contributed by atoms with Crippen molar-refractivity contribution < 1.29 is 0 Å². The molecule has 0 radical (unpaired) electrons. The summed E-state index contributed by atoms with van der Waals surface area (Å²) in [6.45, 7) is 1.95. The molecule has 18 heavy (non-hydrogen) atoms. The third-order valence-electron chi connectivity index (χ3n) is 2.75. The number of hydrogen-bond donors (Lipinski definition) is 0. The second-order valence-corrected chi connectivity index (χ2v) is 5.70. The van der Waals surface area contributed by atoms with Gasteiger partial charge < -0.3 is 0 Å². The predicted molar refractivity (Wildman–Crippen MR) is 80.5 cm³/mol. The van der Waals surface area contributed by atoms with E-state index in [-0.39, 0.29) is 0 Å². The van der Waals surface area contributed by atoms with Crippen LogP contribution in [0, 0.1) is 6.92 Å². The molecule has 0 nitrogen and oxygen atoms in total. The van der Waals surface area contributed by atoms with Crippen molar-refractivity contribution in [2.75, 3.05) is 0 Å². The van der Waals surface area contributed by atoms with Gasteiger partial charge in [0.1, 0.15) is 0 Å². The summed E-state index contributed by atoms with van der Waals surface area (Å²) >= 11 is 24.6. The van der Waals surface area contributed by atoms with E-state index in [9.17, 15) is 0 Å². The third-order valence-corrected chi connectivity index (χ3v) is 4.24. The Kier molecular flexibility index (Phi) is 4.45. The lowest BCUT2D eigenvalue weighted by atomic mass is 10.0. The monoisotopic (exact) mass is 318 g/mol. The summed E-state index contributed by atoms with van der Waals surface area (Å²) in [6, 6.07) is 9.10. The maximum Gasteiger partial charge on any atom is 0.0485 e. The Morgan fingerprint density at radius 1 is 0.889 bits per heavy atom. The Labute approximate surface area is 126 Å². The summed E-state index contributed by atoms with van der Waals surface area (Å²) < 4.78 is 0. The molecular formula is C14H10Cl4. The van der Waals surface area contributed by atoms with E-state index in [1.165, 1.54) is 0 Å². The first-order valence-corrected chi connectivity index (χ1v) is 6.87. The Hall–Kier alpha value is -0.400. The van der Waals surface area contributed by atoms with Gasteiger partial charge in [0.15, 0.2) is 0 Å². The van der Waals surface area contributed by atoms with Crippen LogP contribution in [0.4, 0.5) is 0 Å². The molecule has 0 unspecified atom stereocenters. The highest BCUT2D eigenvalue weighted by atomic mass is 35.5. The number of aryl methyl sites for hydroxylation is 1. The molecule has 0 aliphatic heterocycles. The van der Waals surface area contributed by atoms with Gasteiger partial charge in [-0.3, -0.25) is 0 Å². The maximum absolute atomic E-state index is 6.28. The van der Waals surface area contributed by atoms with Gasteiger partial charge in [0.25, 0.3) is 0 Å². The predicted octanol–water partition coefficient (Wildman–Crippen LogP) is 6.20. The fourth-order valence-electron chi connectivity index (χ4n) is 1.75. The molecule has 0 aliphatic rings. The number of benzene rings is 2. The number of halogens is 4. The largest absolute Gasteiger partial charge is 0.0843 e. The highest BCUT2D eigenvalue weighted by Gasteiger charge is 2.11. The van der Waals surface area contributed by atoms with E-state index in [0.717, 1.165) is 16.7 Å². The lowest BCUT2D eigenvalue weighted by Crippen LogP contribution is -1.94. The summed E-state index contributed by atoms with van der Waals surface area (Å²) in [6.07, 6.45) is 0.568. The Bertz CT molecular complexity index is 591. The molecule has 2 rings (SSSR count). The molecule has 0 bridgehead atoms. The summed E-state index contributed by atoms with van der Waals surface area (Å²) in [7, 11) is 0. The molecule has 2 aromatic carbocycles. The second-order valence-electron chi connectivity index (χ2n) is 4.07. The number of hydrogen-bond acceptors (Lipinski definition) is 0. The van der Waals surface area contributed by atoms with Crippen molar-refractivity contribution in [1.82, 2.24) is 0 Å². The van der Waals surface area contributed by atoms with E-state index in [1.54, 1.807) is 12.1 Å². The first-order valence-electron chi connectivity index (χ1n) is 5.36. The zero-order valence-corrected chi connectivity index (χ0v) is 12.6. The van der Waals surface area contributed by atoms with Gasteiger partial charge in [-0.15, -0.1) is 0 Å². The van der Waals surface area contributed by atoms with Gasteiger partial charge in [0, 0.05) is 26.5 Å². The smallest absolute Gasteiger partial charge is 0.0485 e. The van der Waals surface area contributed by atoms with Crippen LogP contribution in [0.3, 0.4) is 0 Å². The van der Waals surface area contributed by atoms with E-state index < -0.39 is 0 Å². The quantitative estimate of drug-likeness (QED) is 0.618. The molecule has 2 aromatic rings. The van der Waals surface area contributed by atoms with Gasteiger partial charge in [-0.2, -0.15) is 0 Å². The van der Waals surface area contributed by atoms with Crippen molar-refractivity contribution in [3.63, 3.8) is 0 Å². The van der Waals surface area contributed by atoms with Crippen LogP contribution in [0.25, 0.3) is 0 Å². The zero-order chi connectivity index (χ0) is 13.3. The standard InChI is InChI=1S/C14H10Cl4/c1-8-2-4-13(17)11(14(8)18)7-9-6-10(15)3-5-12(9)16/h2-6H,7H2,1H3. The minimum absolute atomic E-state index is 0.568. The summed E-state index contributed by atoms with van der Waals surface area (Å²) in [5.74, 6) is 0. The second kappa shape index (κ2) is 5.71. The SMILES string of the molecule is Cc1ccc(Cl)c(Cc2cc(Cl)ccc2Cl)c1Cl. The molecule has 94 valence electrons. The fraction of sp³-hybridized carbons (Fsp3) is 0.143. The van der Waals surface area contributed by atoms with Gasteiger partial charge in [0.2, 0.25) is 0 Å². The van der Waals surface area contributed by atoms with Crippen molar-refractivity contribution in [3.05, 3.63) is 67.1 Å². The molecule has 0 spiro atoms. The Morgan fingerprint density at radius 3 is 2.28 bits per heavy atom. The molecule has 0 atom stereocenters. The van der Waals surface area contributed by atoms with Crippen molar-refractivity contribution in [1.29, 1.82) is 0 Å². The number of rotatable bonds is 2. The van der Waals surface area contributed by atoms with Gasteiger partial charge in [-0.1, -0.05) is 52.5 Å². The van der Waals surface area contributed by atoms with Crippen LogP contribution in [0.15, 0.2) is 30.3 Å². The summed E-state index contributed by atoms with van der Waals surface area (Å²) in [5, 5.41) is 2.63. The minimum Gasteiger partial charge on any atom is -0.0843 e. The van der Waals surface area contributed by atoms with Crippen LogP contribution in [0.2, 0.25) is 20.1 Å². The Morgan fingerprint density at radius 2 is 1.56 bits per heavy atom. The maximum atomic E-state index is 6.28. The van der Waals surface area contributed by atoms with E-state index in [0.29, 0.717) is 26.5 Å². The minimum atomic E-state index is 0.568. The molecule has 0 N–H and O–H groups in total. The van der Waals surface area contributed by atoms with E-state index in [1.807, 2.05) is 25.1 Å². The molecule has 0 amide bonds. The molecule has 0 heterocycles.